The molecule has 1 amide bonds. The summed E-state index contributed by atoms with van der Waals surface area (Å²) in [5, 5.41) is 12.6. The molecular weight excluding hydrogens is 262 g/mol. The van der Waals surface area contributed by atoms with Gasteiger partial charge in [-0.2, -0.15) is 0 Å². The first-order valence-electron chi connectivity index (χ1n) is 8.33. The summed E-state index contributed by atoms with van der Waals surface area (Å²) in [6.45, 7) is 0. The lowest BCUT2D eigenvalue weighted by Gasteiger charge is -2.21. The topological polar surface area (TPSA) is 49.3 Å². The van der Waals surface area contributed by atoms with Crippen LogP contribution < -0.4 is 5.32 Å². The van der Waals surface area contributed by atoms with E-state index in [9.17, 15) is 9.90 Å². The van der Waals surface area contributed by atoms with Crippen molar-refractivity contribution in [3.05, 3.63) is 29.8 Å². The molecule has 0 aromatic heterocycles. The van der Waals surface area contributed by atoms with Gasteiger partial charge in [-0.05, 0) is 42.9 Å². The average molecular weight is 287 g/mol. The second-order valence-corrected chi connectivity index (χ2v) is 6.59. The van der Waals surface area contributed by atoms with Crippen LogP contribution >= 0.6 is 0 Å². The van der Waals surface area contributed by atoms with E-state index in [2.05, 4.69) is 5.32 Å². The van der Waals surface area contributed by atoms with E-state index in [-0.39, 0.29) is 17.6 Å². The number of benzene rings is 1. The van der Waals surface area contributed by atoms with E-state index >= 15 is 0 Å². The van der Waals surface area contributed by atoms with Crippen LogP contribution in [0.15, 0.2) is 24.3 Å². The highest BCUT2D eigenvalue weighted by Gasteiger charge is 2.44. The Labute approximate surface area is 126 Å². The second-order valence-electron chi connectivity index (χ2n) is 6.59. The van der Waals surface area contributed by atoms with Crippen molar-refractivity contribution in [3.8, 4) is 5.75 Å². The zero-order chi connectivity index (χ0) is 14.7. The van der Waals surface area contributed by atoms with Crippen LogP contribution in [0.25, 0.3) is 0 Å². The number of nitrogens with one attached hydrogen (secondary N) is 1. The minimum absolute atomic E-state index is 0.139. The normalized spacial score (nSPS) is 26.7. The van der Waals surface area contributed by atoms with E-state index in [1.54, 1.807) is 12.1 Å². The summed E-state index contributed by atoms with van der Waals surface area (Å²) in [5.41, 5.74) is 1.17. The standard InChI is InChI=1S/C18H25NO2/c20-15-10-8-13(9-11-15)16-12-17(16)18(21)19-14-6-4-2-1-3-5-7-14/h8-11,14,16-17,20H,1-7,12H2,(H,19,21). The van der Waals surface area contributed by atoms with Crippen molar-refractivity contribution in [1.82, 2.24) is 5.32 Å². The third-order valence-corrected chi connectivity index (χ3v) is 4.90. The van der Waals surface area contributed by atoms with E-state index in [4.69, 9.17) is 0 Å². The molecule has 3 rings (SSSR count). The van der Waals surface area contributed by atoms with Crippen LogP contribution in [0.1, 0.15) is 62.8 Å². The molecule has 2 N–H and O–H groups in total. The van der Waals surface area contributed by atoms with Gasteiger partial charge in [0, 0.05) is 12.0 Å². The first-order chi connectivity index (χ1) is 10.2. The third kappa shape index (κ3) is 3.78. The Morgan fingerprint density at radius 2 is 1.62 bits per heavy atom. The lowest BCUT2D eigenvalue weighted by atomic mass is 9.96. The zero-order valence-electron chi connectivity index (χ0n) is 12.6. The average Bonchev–Trinajstić information content (AvgIpc) is 3.23. The van der Waals surface area contributed by atoms with E-state index < -0.39 is 0 Å². The van der Waals surface area contributed by atoms with Gasteiger partial charge in [-0.15, -0.1) is 0 Å². The SMILES string of the molecule is O=C(NC1CCCCCCC1)C1CC1c1ccc(O)cc1. The molecule has 0 bridgehead atoms. The number of amides is 1. The fraction of sp³-hybridized carbons (Fsp3) is 0.611. The fourth-order valence-electron chi connectivity index (χ4n) is 3.48. The van der Waals surface area contributed by atoms with Gasteiger partial charge < -0.3 is 10.4 Å². The zero-order valence-corrected chi connectivity index (χ0v) is 12.6. The summed E-state index contributed by atoms with van der Waals surface area (Å²) in [7, 11) is 0. The van der Waals surface area contributed by atoms with Crippen molar-refractivity contribution in [1.29, 1.82) is 0 Å². The Bertz CT molecular complexity index is 474. The summed E-state index contributed by atoms with van der Waals surface area (Å²) < 4.78 is 0. The van der Waals surface area contributed by atoms with Crippen LogP contribution in [0.3, 0.4) is 0 Å². The Hall–Kier alpha value is -1.51. The number of hydrogen-bond donors (Lipinski definition) is 2. The molecule has 1 aromatic rings. The largest absolute Gasteiger partial charge is 0.508 e. The van der Waals surface area contributed by atoms with E-state index in [0.717, 1.165) is 19.3 Å². The molecule has 21 heavy (non-hydrogen) atoms. The van der Waals surface area contributed by atoms with E-state index in [0.29, 0.717) is 12.0 Å². The van der Waals surface area contributed by atoms with Crippen LogP contribution in [0.2, 0.25) is 0 Å². The van der Waals surface area contributed by atoms with Gasteiger partial charge in [0.15, 0.2) is 0 Å². The van der Waals surface area contributed by atoms with Crippen molar-refractivity contribution in [2.45, 2.75) is 63.3 Å². The summed E-state index contributed by atoms with van der Waals surface area (Å²) >= 11 is 0. The minimum atomic E-state index is 0.139. The molecule has 2 fully saturated rings. The number of rotatable bonds is 3. The van der Waals surface area contributed by atoms with Gasteiger partial charge in [0.2, 0.25) is 5.91 Å². The van der Waals surface area contributed by atoms with Gasteiger partial charge >= 0.3 is 0 Å². The molecule has 3 heteroatoms. The Morgan fingerprint density at radius 3 is 2.29 bits per heavy atom. The lowest BCUT2D eigenvalue weighted by molar-refractivity contribution is -0.123. The maximum Gasteiger partial charge on any atom is 0.223 e. The fourth-order valence-corrected chi connectivity index (χ4v) is 3.48. The summed E-state index contributed by atoms with van der Waals surface area (Å²) in [5.74, 6) is 1.01. The Balaban J connectivity index is 1.51. The molecule has 0 radical (unpaired) electrons. The van der Waals surface area contributed by atoms with Gasteiger partial charge in [-0.1, -0.05) is 44.2 Å². The first kappa shape index (κ1) is 14.4. The molecule has 0 saturated heterocycles. The van der Waals surface area contributed by atoms with Crippen LogP contribution in [0.4, 0.5) is 0 Å². The van der Waals surface area contributed by atoms with Crippen LogP contribution in [-0.4, -0.2) is 17.1 Å². The van der Waals surface area contributed by atoms with E-state index in [1.807, 2.05) is 12.1 Å². The molecule has 0 spiro atoms. The molecule has 2 atom stereocenters. The highest BCUT2D eigenvalue weighted by atomic mass is 16.3. The van der Waals surface area contributed by atoms with Gasteiger partial charge in [0.05, 0.1) is 0 Å². The van der Waals surface area contributed by atoms with E-state index in [1.165, 1.54) is 37.7 Å². The van der Waals surface area contributed by atoms with Crippen LogP contribution in [0, 0.1) is 5.92 Å². The maximum atomic E-state index is 12.4. The number of carbonyl (C=O) groups excluding carboxylic acids is 1. The summed E-state index contributed by atoms with van der Waals surface area (Å²) in [6.07, 6.45) is 9.70. The number of phenolic OH excluding ortho intramolecular Hbond substituents is 1. The van der Waals surface area contributed by atoms with Gasteiger partial charge in [0.25, 0.3) is 0 Å². The van der Waals surface area contributed by atoms with Crippen molar-refractivity contribution in [2.75, 3.05) is 0 Å². The molecule has 3 nitrogen and oxygen atoms in total. The maximum absolute atomic E-state index is 12.4. The molecule has 0 heterocycles. The lowest BCUT2D eigenvalue weighted by Crippen LogP contribution is -2.36. The molecule has 2 unspecified atom stereocenters. The molecule has 0 aliphatic heterocycles. The smallest absolute Gasteiger partial charge is 0.223 e. The highest BCUT2D eigenvalue weighted by molar-refractivity contribution is 5.83. The second kappa shape index (κ2) is 6.50. The predicted octanol–water partition coefficient (Wildman–Crippen LogP) is 3.72. The first-order valence-corrected chi connectivity index (χ1v) is 8.33. The molecule has 2 saturated carbocycles. The molecule has 2 aliphatic carbocycles. The summed E-state index contributed by atoms with van der Waals surface area (Å²) in [4.78, 5) is 12.4. The quantitative estimate of drug-likeness (QED) is 0.890. The number of phenols is 1. The van der Waals surface area contributed by atoms with Crippen molar-refractivity contribution >= 4 is 5.91 Å². The van der Waals surface area contributed by atoms with Crippen LogP contribution in [0.5, 0.6) is 5.75 Å². The van der Waals surface area contributed by atoms with Crippen molar-refractivity contribution in [3.63, 3.8) is 0 Å². The number of carbonyl (C=O) groups is 1. The van der Waals surface area contributed by atoms with Crippen molar-refractivity contribution < 1.29 is 9.90 Å². The van der Waals surface area contributed by atoms with Crippen LogP contribution in [-0.2, 0) is 4.79 Å². The predicted molar refractivity (Wildman–Crippen MR) is 83.2 cm³/mol. The number of aromatic hydroxyl groups is 1. The summed E-state index contributed by atoms with van der Waals surface area (Å²) in [6, 6.07) is 7.67. The Morgan fingerprint density at radius 1 is 1.00 bits per heavy atom. The molecular formula is C18H25NO2. The van der Waals surface area contributed by atoms with Crippen molar-refractivity contribution in [2.24, 2.45) is 5.92 Å². The third-order valence-electron chi connectivity index (χ3n) is 4.90. The van der Waals surface area contributed by atoms with Gasteiger partial charge in [-0.3, -0.25) is 4.79 Å². The monoisotopic (exact) mass is 287 g/mol. The minimum Gasteiger partial charge on any atom is -0.508 e. The molecule has 1 aromatic carbocycles. The molecule has 2 aliphatic rings. The Kier molecular flexibility index (Phi) is 4.47. The molecule has 114 valence electrons. The highest BCUT2D eigenvalue weighted by Crippen LogP contribution is 2.47. The van der Waals surface area contributed by atoms with Gasteiger partial charge in [-0.25, -0.2) is 0 Å². The van der Waals surface area contributed by atoms with Gasteiger partial charge in [0.1, 0.15) is 5.75 Å². The number of hydrogen-bond acceptors (Lipinski definition) is 2.